The Hall–Kier alpha value is -1.03. The Morgan fingerprint density at radius 3 is 2.43 bits per heavy atom. The van der Waals surface area contributed by atoms with E-state index in [0.717, 1.165) is 3.57 Å². The zero-order valence-corrected chi connectivity index (χ0v) is 14.8. The number of halogens is 2. The molecule has 0 saturated heterocycles. The van der Waals surface area contributed by atoms with Crippen LogP contribution in [0, 0.1) is 10.5 Å². The van der Waals surface area contributed by atoms with Crippen molar-refractivity contribution in [2.45, 2.75) is 11.8 Å². The summed E-state index contributed by atoms with van der Waals surface area (Å²) in [4.78, 5) is -0.00775. The molecule has 2 aromatic carbocycles. The Bertz CT molecular complexity index is 809. The smallest absolute Gasteiger partial charge is 0.238 e. The number of anilines is 3. The molecule has 2 rings (SSSR count). The minimum Gasteiger partial charge on any atom is -0.399 e. The second-order valence-electron chi connectivity index (χ2n) is 4.49. The standard InChI is InChI=1S/C13H13ClIN3O2S/c1-7-12(5-9(16)6-13(7)21(17,19)20)18-11-3-2-8(15)4-10(11)14/h2-6,18H,16H2,1H3,(H2,17,19,20). The van der Waals surface area contributed by atoms with Gasteiger partial charge in [0.2, 0.25) is 10.0 Å². The van der Waals surface area contributed by atoms with Crippen LogP contribution in [0.4, 0.5) is 17.1 Å². The maximum Gasteiger partial charge on any atom is 0.238 e. The highest BCUT2D eigenvalue weighted by molar-refractivity contribution is 14.1. The van der Waals surface area contributed by atoms with Gasteiger partial charge in [0.15, 0.2) is 0 Å². The van der Waals surface area contributed by atoms with Gasteiger partial charge in [-0.1, -0.05) is 11.6 Å². The molecular formula is C13H13ClIN3O2S. The van der Waals surface area contributed by atoms with Crippen LogP contribution >= 0.6 is 34.2 Å². The Morgan fingerprint density at radius 2 is 1.86 bits per heavy atom. The van der Waals surface area contributed by atoms with Crippen LogP contribution in [0.25, 0.3) is 0 Å². The molecular weight excluding hydrogens is 425 g/mol. The molecule has 0 saturated carbocycles. The molecule has 0 radical (unpaired) electrons. The Kier molecular flexibility index (Phi) is 4.66. The summed E-state index contributed by atoms with van der Waals surface area (Å²) < 4.78 is 24.2. The monoisotopic (exact) mass is 437 g/mol. The molecule has 0 aliphatic heterocycles. The van der Waals surface area contributed by atoms with E-state index in [4.69, 9.17) is 22.5 Å². The van der Waals surface area contributed by atoms with Gasteiger partial charge in [-0.3, -0.25) is 0 Å². The Labute approximate surface area is 141 Å². The van der Waals surface area contributed by atoms with Gasteiger partial charge in [0.1, 0.15) is 0 Å². The van der Waals surface area contributed by atoms with Gasteiger partial charge in [-0.2, -0.15) is 0 Å². The molecule has 2 aromatic rings. The number of nitrogens with one attached hydrogen (secondary N) is 1. The third-order valence-corrected chi connectivity index (χ3v) is 4.91. The molecule has 0 heterocycles. The maximum absolute atomic E-state index is 11.6. The topological polar surface area (TPSA) is 98.2 Å². The lowest BCUT2D eigenvalue weighted by Crippen LogP contribution is -2.15. The van der Waals surface area contributed by atoms with Crippen molar-refractivity contribution in [3.63, 3.8) is 0 Å². The summed E-state index contributed by atoms with van der Waals surface area (Å²) >= 11 is 8.31. The van der Waals surface area contributed by atoms with Gasteiger partial charge in [-0.25, -0.2) is 13.6 Å². The summed E-state index contributed by atoms with van der Waals surface area (Å²) in [6.45, 7) is 1.65. The van der Waals surface area contributed by atoms with Gasteiger partial charge in [-0.15, -0.1) is 0 Å². The minimum absolute atomic E-state index is 0.00775. The van der Waals surface area contributed by atoms with Gasteiger partial charge in [0, 0.05) is 14.9 Å². The van der Waals surface area contributed by atoms with E-state index in [-0.39, 0.29) is 4.90 Å². The predicted octanol–water partition coefficient (Wildman–Crippen LogP) is 3.23. The van der Waals surface area contributed by atoms with Crippen molar-refractivity contribution in [1.82, 2.24) is 0 Å². The van der Waals surface area contributed by atoms with Crippen LogP contribution in [0.3, 0.4) is 0 Å². The molecule has 0 fully saturated rings. The molecule has 0 unspecified atom stereocenters. The van der Waals surface area contributed by atoms with Crippen LogP contribution in [0.5, 0.6) is 0 Å². The van der Waals surface area contributed by atoms with E-state index < -0.39 is 10.0 Å². The first-order valence-electron chi connectivity index (χ1n) is 5.83. The number of sulfonamides is 1. The zero-order valence-electron chi connectivity index (χ0n) is 11.0. The lowest BCUT2D eigenvalue weighted by molar-refractivity contribution is 0.597. The van der Waals surface area contributed by atoms with Crippen molar-refractivity contribution in [3.8, 4) is 0 Å². The van der Waals surface area contributed by atoms with Gasteiger partial charge < -0.3 is 11.1 Å². The van der Waals surface area contributed by atoms with E-state index in [2.05, 4.69) is 27.9 Å². The van der Waals surface area contributed by atoms with E-state index in [1.165, 1.54) is 6.07 Å². The van der Waals surface area contributed by atoms with Gasteiger partial charge in [0.05, 0.1) is 15.6 Å². The normalized spacial score (nSPS) is 11.4. The number of nitrogen functional groups attached to an aromatic ring is 1. The number of primary sulfonamides is 1. The van der Waals surface area contributed by atoms with Crippen LogP contribution in [0.2, 0.25) is 5.02 Å². The molecule has 5 N–H and O–H groups in total. The van der Waals surface area contributed by atoms with Crippen LogP contribution in [0.1, 0.15) is 5.56 Å². The second-order valence-corrected chi connectivity index (χ2v) is 7.67. The second kappa shape index (κ2) is 5.99. The van der Waals surface area contributed by atoms with Gasteiger partial charge in [0.25, 0.3) is 0 Å². The fourth-order valence-electron chi connectivity index (χ4n) is 1.87. The maximum atomic E-state index is 11.6. The molecule has 0 aromatic heterocycles. The molecule has 0 bridgehead atoms. The molecule has 0 amide bonds. The highest BCUT2D eigenvalue weighted by atomic mass is 127. The van der Waals surface area contributed by atoms with E-state index in [0.29, 0.717) is 27.6 Å². The molecule has 0 spiro atoms. The number of hydrogen-bond donors (Lipinski definition) is 3. The largest absolute Gasteiger partial charge is 0.399 e. The molecule has 8 heteroatoms. The number of hydrogen-bond acceptors (Lipinski definition) is 4. The van der Waals surface area contributed by atoms with Crippen molar-refractivity contribution in [3.05, 3.63) is 44.5 Å². The van der Waals surface area contributed by atoms with Crippen LogP contribution < -0.4 is 16.2 Å². The average molecular weight is 438 g/mol. The fourth-order valence-corrected chi connectivity index (χ4v) is 3.61. The number of benzene rings is 2. The summed E-state index contributed by atoms with van der Waals surface area (Å²) in [5.74, 6) is 0. The average Bonchev–Trinajstić information content (AvgIpc) is 2.35. The molecule has 112 valence electrons. The lowest BCUT2D eigenvalue weighted by Gasteiger charge is -2.15. The first-order valence-corrected chi connectivity index (χ1v) is 8.84. The van der Waals surface area contributed by atoms with Crippen molar-refractivity contribution in [2.75, 3.05) is 11.1 Å². The van der Waals surface area contributed by atoms with E-state index in [9.17, 15) is 8.42 Å². The van der Waals surface area contributed by atoms with Crippen LogP contribution in [-0.4, -0.2) is 8.42 Å². The van der Waals surface area contributed by atoms with Crippen molar-refractivity contribution < 1.29 is 8.42 Å². The number of nitrogens with two attached hydrogens (primary N) is 2. The van der Waals surface area contributed by atoms with Crippen molar-refractivity contribution in [1.29, 1.82) is 0 Å². The fraction of sp³-hybridized carbons (Fsp3) is 0.0769. The summed E-state index contributed by atoms with van der Waals surface area (Å²) in [6.07, 6.45) is 0. The first-order chi connectivity index (χ1) is 9.68. The summed E-state index contributed by atoms with van der Waals surface area (Å²) in [5.41, 5.74) is 7.74. The molecule has 21 heavy (non-hydrogen) atoms. The summed E-state index contributed by atoms with van der Waals surface area (Å²) in [7, 11) is -3.84. The SMILES string of the molecule is Cc1c(Nc2ccc(I)cc2Cl)cc(N)cc1S(N)(=O)=O. The first kappa shape index (κ1) is 16.3. The summed E-state index contributed by atoms with van der Waals surface area (Å²) in [6, 6.07) is 8.47. The molecule has 0 aliphatic rings. The zero-order chi connectivity index (χ0) is 15.8. The molecule has 5 nitrogen and oxygen atoms in total. The highest BCUT2D eigenvalue weighted by Gasteiger charge is 2.16. The van der Waals surface area contributed by atoms with Crippen LogP contribution in [0.15, 0.2) is 35.2 Å². The summed E-state index contributed by atoms with van der Waals surface area (Å²) in [5, 5.41) is 8.81. The Balaban J connectivity index is 2.52. The van der Waals surface area contributed by atoms with Crippen LogP contribution in [-0.2, 0) is 10.0 Å². The lowest BCUT2D eigenvalue weighted by atomic mass is 10.1. The number of rotatable bonds is 3. The highest BCUT2D eigenvalue weighted by Crippen LogP contribution is 2.32. The van der Waals surface area contributed by atoms with Crippen molar-refractivity contribution in [2.24, 2.45) is 5.14 Å². The minimum atomic E-state index is -3.84. The van der Waals surface area contributed by atoms with E-state index in [1.54, 1.807) is 19.1 Å². The molecule has 0 aliphatic carbocycles. The van der Waals surface area contributed by atoms with E-state index in [1.807, 2.05) is 12.1 Å². The quantitative estimate of drug-likeness (QED) is 0.507. The third-order valence-electron chi connectivity index (χ3n) is 2.89. The third kappa shape index (κ3) is 3.79. The molecule has 0 atom stereocenters. The predicted molar refractivity (Wildman–Crippen MR) is 94.4 cm³/mol. The van der Waals surface area contributed by atoms with Gasteiger partial charge >= 0.3 is 0 Å². The van der Waals surface area contributed by atoms with Crippen molar-refractivity contribution >= 4 is 61.3 Å². The Morgan fingerprint density at radius 1 is 1.19 bits per heavy atom. The van der Waals surface area contributed by atoms with E-state index >= 15 is 0 Å². The van der Waals surface area contributed by atoms with Gasteiger partial charge in [-0.05, 0) is 65.4 Å².